The molecule has 94 valence electrons. The number of nitrogens with two attached hydrogens (primary N) is 1. The molecule has 0 saturated carbocycles. The molecule has 0 aromatic heterocycles. The normalized spacial score (nSPS) is 13.5. The number of aliphatic hydroxyl groups excluding tert-OH is 1. The number of oxime groups is 1. The largest absolute Gasteiger partial charge is 0.392 e. The highest BCUT2D eigenvalue weighted by molar-refractivity contribution is 5.83. The SMILES string of the molecule is COC(C)/C(N)=N/OCc1ccc(CO)cc1. The van der Waals surface area contributed by atoms with E-state index in [0.717, 1.165) is 11.1 Å². The molecule has 0 aliphatic rings. The Morgan fingerprint density at radius 1 is 1.35 bits per heavy atom. The molecule has 1 unspecified atom stereocenters. The van der Waals surface area contributed by atoms with Crippen molar-refractivity contribution in [3.63, 3.8) is 0 Å². The molecule has 0 amide bonds. The minimum absolute atomic E-state index is 0.0393. The summed E-state index contributed by atoms with van der Waals surface area (Å²) in [5.41, 5.74) is 7.43. The van der Waals surface area contributed by atoms with Crippen LogP contribution in [-0.4, -0.2) is 24.2 Å². The van der Waals surface area contributed by atoms with E-state index in [1.165, 1.54) is 0 Å². The fraction of sp³-hybridized carbons (Fsp3) is 0.417. The molecular formula is C12H18N2O3. The van der Waals surface area contributed by atoms with Gasteiger partial charge in [-0.3, -0.25) is 0 Å². The van der Waals surface area contributed by atoms with Gasteiger partial charge in [-0.1, -0.05) is 29.4 Å². The molecule has 1 aromatic rings. The lowest BCUT2D eigenvalue weighted by Gasteiger charge is -2.08. The summed E-state index contributed by atoms with van der Waals surface area (Å²) in [5.74, 6) is 0.305. The van der Waals surface area contributed by atoms with Gasteiger partial charge in [-0.05, 0) is 18.1 Å². The minimum atomic E-state index is -0.258. The maximum atomic E-state index is 8.88. The number of amidine groups is 1. The third kappa shape index (κ3) is 4.42. The van der Waals surface area contributed by atoms with Crippen LogP contribution >= 0.6 is 0 Å². The third-order valence-corrected chi connectivity index (χ3v) is 2.38. The fourth-order valence-electron chi connectivity index (χ4n) is 1.12. The number of aliphatic hydroxyl groups is 1. The number of hydrogen-bond donors (Lipinski definition) is 2. The lowest BCUT2D eigenvalue weighted by Crippen LogP contribution is -2.27. The monoisotopic (exact) mass is 238 g/mol. The van der Waals surface area contributed by atoms with E-state index in [1.54, 1.807) is 14.0 Å². The lowest BCUT2D eigenvalue weighted by molar-refractivity contribution is 0.118. The summed E-state index contributed by atoms with van der Waals surface area (Å²) in [6, 6.07) is 7.42. The van der Waals surface area contributed by atoms with Gasteiger partial charge in [0.25, 0.3) is 0 Å². The number of hydrogen-bond acceptors (Lipinski definition) is 4. The van der Waals surface area contributed by atoms with E-state index in [-0.39, 0.29) is 12.7 Å². The smallest absolute Gasteiger partial charge is 0.168 e. The topological polar surface area (TPSA) is 77.1 Å². The summed E-state index contributed by atoms with van der Waals surface area (Å²) in [6.07, 6.45) is -0.258. The van der Waals surface area contributed by atoms with Crippen molar-refractivity contribution in [2.75, 3.05) is 7.11 Å². The summed E-state index contributed by atoms with van der Waals surface area (Å²) >= 11 is 0. The molecule has 0 fully saturated rings. The zero-order chi connectivity index (χ0) is 12.7. The van der Waals surface area contributed by atoms with Gasteiger partial charge < -0.3 is 20.4 Å². The molecular weight excluding hydrogens is 220 g/mol. The van der Waals surface area contributed by atoms with Crippen LogP contribution in [0, 0.1) is 0 Å². The first kappa shape index (κ1) is 13.5. The van der Waals surface area contributed by atoms with E-state index < -0.39 is 0 Å². The number of nitrogens with zero attached hydrogens (tertiary/aromatic N) is 1. The average Bonchev–Trinajstić information content (AvgIpc) is 2.38. The molecule has 1 aromatic carbocycles. The zero-order valence-electron chi connectivity index (χ0n) is 10.1. The molecule has 0 aliphatic carbocycles. The van der Waals surface area contributed by atoms with E-state index in [2.05, 4.69) is 5.16 Å². The standard InChI is InChI=1S/C12H18N2O3/c1-9(16-2)12(13)14-17-8-11-5-3-10(7-15)4-6-11/h3-6,9,15H,7-8H2,1-2H3,(H2,13,14). The van der Waals surface area contributed by atoms with E-state index in [4.69, 9.17) is 20.4 Å². The third-order valence-electron chi connectivity index (χ3n) is 2.38. The van der Waals surface area contributed by atoms with Crippen molar-refractivity contribution in [2.45, 2.75) is 26.2 Å². The molecule has 5 nitrogen and oxygen atoms in total. The van der Waals surface area contributed by atoms with E-state index >= 15 is 0 Å². The number of methoxy groups -OCH3 is 1. The Balaban J connectivity index is 2.45. The molecule has 0 heterocycles. The molecule has 0 radical (unpaired) electrons. The summed E-state index contributed by atoms with van der Waals surface area (Å²) < 4.78 is 4.98. The number of rotatable bonds is 6. The highest BCUT2D eigenvalue weighted by Gasteiger charge is 2.04. The van der Waals surface area contributed by atoms with Gasteiger partial charge in [-0.15, -0.1) is 0 Å². The molecule has 3 N–H and O–H groups in total. The summed E-state index contributed by atoms with van der Waals surface area (Å²) in [7, 11) is 1.56. The first-order chi connectivity index (χ1) is 8.17. The van der Waals surface area contributed by atoms with Crippen molar-refractivity contribution in [1.82, 2.24) is 0 Å². The van der Waals surface area contributed by atoms with Crippen LogP contribution in [0.4, 0.5) is 0 Å². The van der Waals surface area contributed by atoms with E-state index in [1.807, 2.05) is 24.3 Å². The molecule has 0 spiro atoms. The Morgan fingerprint density at radius 3 is 2.47 bits per heavy atom. The quantitative estimate of drug-likeness (QED) is 0.440. The van der Waals surface area contributed by atoms with Gasteiger partial charge in [0, 0.05) is 7.11 Å². The van der Waals surface area contributed by atoms with Crippen LogP contribution < -0.4 is 5.73 Å². The molecule has 0 bridgehead atoms. The Bertz CT molecular complexity index is 363. The van der Waals surface area contributed by atoms with Gasteiger partial charge in [0.15, 0.2) is 5.84 Å². The first-order valence-electron chi connectivity index (χ1n) is 5.34. The number of benzene rings is 1. The van der Waals surface area contributed by atoms with Gasteiger partial charge in [0.05, 0.1) is 6.61 Å². The second-order valence-corrected chi connectivity index (χ2v) is 3.64. The van der Waals surface area contributed by atoms with Crippen LogP contribution in [0.5, 0.6) is 0 Å². The van der Waals surface area contributed by atoms with Crippen molar-refractivity contribution < 1.29 is 14.7 Å². The Labute approximate surface area is 101 Å². The highest BCUT2D eigenvalue weighted by atomic mass is 16.6. The van der Waals surface area contributed by atoms with Gasteiger partial charge in [-0.25, -0.2) is 0 Å². The van der Waals surface area contributed by atoms with Crippen molar-refractivity contribution in [2.24, 2.45) is 10.9 Å². The lowest BCUT2D eigenvalue weighted by atomic mass is 10.1. The van der Waals surface area contributed by atoms with Crippen LogP contribution in [0.15, 0.2) is 29.4 Å². The summed E-state index contributed by atoms with van der Waals surface area (Å²) in [6.45, 7) is 2.17. The maximum Gasteiger partial charge on any atom is 0.168 e. The first-order valence-corrected chi connectivity index (χ1v) is 5.34. The minimum Gasteiger partial charge on any atom is -0.392 e. The summed E-state index contributed by atoms with van der Waals surface area (Å²) in [5, 5.41) is 12.6. The van der Waals surface area contributed by atoms with Crippen LogP contribution in [0.25, 0.3) is 0 Å². The van der Waals surface area contributed by atoms with E-state index in [9.17, 15) is 0 Å². The average molecular weight is 238 g/mol. The van der Waals surface area contributed by atoms with Gasteiger partial charge >= 0.3 is 0 Å². The summed E-state index contributed by atoms with van der Waals surface area (Å²) in [4.78, 5) is 5.10. The van der Waals surface area contributed by atoms with Crippen LogP contribution in [0.1, 0.15) is 18.1 Å². The fourth-order valence-corrected chi connectivity index (χ4v) is 1.12. The zero-order valence-corrected chi connectivity index (χ0v) is 10.1. The Hall–Kier alpha value is -1.59. The van der Waals surface area contributed by atoms with Crippen LogP contribution in [-0.2, 0) is 22.8 Å². The molecule has 17 heavy (non-hydrogen) atoms. The molecule has 5 heteroatoms. The predicted molar refractivity (Wildman–Crippen MR) is 65.2 cm³/mol. The van der Waals surface area contributed by atoms with Crippen LogP contribution in [0.2, 0.25) is 0 Å². The Kier molecular flexibility index (Phi) is 5.45. The van der Waals surface area contributed by atoms with Crippen LogP contribution in [0.3, 0.4) is 0 Å². The van der Waals surface area contributed by atoms with Crippen molar-refractivity contribution >= 4 is 5.84 Å². The maximum absolute atomic E-state index is 8.88. The Morgan fingerprint density at radius 2 is 1.94 bits per heavy atom. The molecule has 1 rings (SSSR count). The molecule has 0 saturated heterocycles. The highest BCUT2D eigenvalue weighted by Crippen LogP contribution is 2.05. The van der Waals surface area contributed by atoms with Gasteiger partial charge in [0.2, 0.25) is 0 Å². The second kappa shape index (κ2) is 6.88. The predicted octanol–water partition coefficient (Wildman–Crippen LogP) is 1.00. The van der Waals surface area contributed by atoms with Gasteiger partial charge in [-0.2, -0.15) is 0 Å². The number of ether oxygens (including phenoxy) is 1. The van der Waals surface area contributed by atoms with Crippen molar-refractivity contribution in [3.8, 4) is 0 Å². The van der Waals surface area contributed by atoms with Crippen molar-refractivity contribution in [1.29, 1.82) is 0 Å². The van der Waals surface area contributed by atoms with E-state index in [0.29, 0.717) is 12.4 Å². The molecule has 1 atom stereocenters. The van der Waals surface area contributed by atoms with Crippen molar-refractivity contribution in [3.05, 3.63) is 35.4 Å². The second-order valence-electron chi connectivity index (χ2n) is 3.64. The van der Waals surface area contributed by atoms with Gasteiger partial charge in [0.1, 0.15) is 12.7 Å². The molecule has 0 aliphatic heterocycles.